The number of hydrogen-bond donors (Lipinski definition) is 2. The largest absolute Gasteiger partial charge is 0.369 e. The first-order valence-electron chi connectivity index (χ1n) is 11.7. The van der Waals surface area contributed by atoms with Gasteiger partial charge in [0, 0.05) is 49.1 Å². The molecule has 3 aliphatic carbocycles. The first-order chi connectivity index (χ1) is 15.9. The van der Waals surface area contributed by atoms with Gasteiger partial charge in [-0.05, 0) is 68.9 Å². The Bertz CT molecular complexity index is 1310. The molecule has 2 aromatic heterocycles. The highest BCUT2D eigenvalue weighted by Gasteiger charge is 2.59. The summed E-state index contributed by atoms with van der Waals surface area (Å²) in [6.45, 7) is 7.28. The van der Waals surface area contributed by atoms with E-state index in [0.717, 1.165) is 56.5 Å². The zero-order valence-corrected chi connectivity index (χ0v) is 19.0. The minimum atomic E-state index is -0.212. The van der Waals surface area contributed by atoms with Gasteiger partial charge in [-0.25, -0.2) is 4.98 Å². The van der Waals surface area contributed by atoms with Crippen LogP contribution in [-0.4, -0.2) is 46.5 Å². The van der Waals surface area contributed by atoms with Gasteiger partial charge in [0.1, 0.15) is 5.65 Å². The van der Waals surface area contributed by atoms with Gasteiger partial charge in [0.15, 0.2) is 5.78 Å². The standard InChI is InChI=1S/C25H28N6O2/c1-15-20-14-27-24(28-18-3-5-19(6-4-18)30-9-7-26-8-10-30)29-22(20)31(23(33)21(15)16(2)32)25-11-17(12-25)13-25/h3-6,14,17,26H,7-13H2,1-2H3,(H,27,28,29). The number of piperazine rings is 1. The summed E-state index contributed by atoms with van der Waals surface area (Å²) in [5.74, 6) is 0.946. The lowest BCUT2D eigenvalue weighted by atomic mass is 9.49. The molecule has 170 valence electrons. The van der Waals surface area contributed by atoms with E-state index >= 15 is 0 Å². The van der Waals surface area contributed by atoms with Gasteiger partial charge in [-0.1, -0.05) is 0 Å². The molecule has 0 atom stereocenters. The molecule has 3 aromatic rings. The Labute approximate surface area is 192 Å². The van der Waals surface area contributed by atoms with Crippen LogP contribution in [0.4, 0.5) is 17.3 Å². The van der Waals surface area contributed by atoms with Crippen LogP contribution >= 0.6 is 0 Å². The number of carbonyl (C=O) groups excluding carboxylic acids is 1. The Kier molecular flexibility index (Phi) is 4.55. The number of Topliss-reactive ketones (excluding diaryl/α,β-unsaturated/α-hetero) is 1. The summed E-state index contributed by atoms with van der Waals surface area (Å²) < 4.78 is 1.80. The Morgan fingerprint density at radius 3 is 2.45 bits per heavy atom. The van der Waals surface area contributed by atoms with Crippen molar-refractivity contribution in [2.75, 3.05) is 36.4 Å². The zero-order valence-electron chi connectivity index (χ0n) is 19.0. The monoisotopic (exact) mass is 444 g/mol. The molecule has 0 spiro atoms. The second kappa shape index (κ2) is 7.38. The second-order valence-corrected chi connectivity index (χ2v) is 9.74. The molecule has 2 bridgehead atoms. The third kappa shape index (κ3) is 3.15. The molecule has 3 heterocycles. The van der Waals surface area contributed by atoms with Gasteiger partial charge < -0.3 is 15.5 Å². The van der Waals surface area contributed by atoms with Crippen LogP contribution in [0.1, 0.15) is 42.1 Å². The van der Waals surface area contributed by atoms with Crippen LogP contribution in [0.25, 0.3) is 11.0 Å². The molecule has 4 aliphatic rings. The molecule has 1 aliphatic heterocycles. The van der Waals surface area contributed by atoms with E-state index < -0.39 is 0 Å². The number of aromatic nitrogens is 3. The summed E-state index contributed by atoms with van der Waals surface area (Å²) in [5, 5.41) is 7.44. The SMILES string of the molecule is CC(=O)c1c(C)c2cnc(Nc3ccc(N4CCNCC4)cc3)nc2n(C23CC(C2)C3)c1=O. The average Bonchev–Trinajstić information content (AvgIpc) is 2.75. The van der Waals surface area contributed by atoms with Gasteiger partial charge in [-0.15, -0.1) is 0 Å². The third-order valence-corrected chi connectivity index (χ3v) is 7.61. The molecule has 1 aromatic carbocycles. The van der Waals surface area contributed by atoms with Crippen molar-refractivity contribution in [3.05, 3.63) is 51.9 Å². The van der Waals surface area contributed by atoms with Crippen molar-refractivity contribution in [2.24, 2.45) is 5.92 Å². The molecular formula is C25H28N6O2. The van der Waals surface area contributed by atoms with Crippen molar-refractivity contribution in [2.45, 2.75) is 38.6 Å². The van der Waals surface area contributed by atoms with Crippen LogP contribution in [0.15, 0.2) is 35.3 Å². The van der Waals surface area contributed by atoms with E-state index in [9.17, 15) is 9.59 Å². The van der Waals surface area contributed by atoms with Crippen molar-refractivity contribution in [1.29, 1.82) is 0 Å². The quantitative estimate of drug-likeness (QED) is 0.585. The number of ketones is 1. The first-order valence-corrected chi connectivity index (χ1v) is 11.7. The average molecular weight is 445 g/mol. The number of nitrogens with zero attached hydrogens (tertiary/aromatic N) is 4. The van der Waals surface area contributed by atoms with E-state index in [4.69, 9.17) is 4.98 Å². The summed E-state index contributed by atoms with van der Waals surface area (Å²) in [6.07, 6.45) is 4.71. The fourth-order valence-electron chi connectivity index (χ4n) is 5.74. The van der Waals surface area contributed by atoms with Crippen LogP contribution in [0.2, 0.25) is 0 Å². The van der Waals surface area contributed by atoms with Crippen molar-refractivity contribution in [1.82, 2.24) is 19.9 Å². The number of aryl methyl sites for hydroxylation is 1. The maximum absolute atomic E-state index is 13.4. The van der Waals surface area contributed by atoms with Crippen LogP contribution < -0.4 is 21.1 Å². The van der Waals surface area contributed by atoms with Crippen LogP contribution in [-0.2, 0) is 5.54 Å². The number of carbonyl (C=O) groups is 1. The predicted molar refractivity (Wildman–Crippen MR) is 129 cm³/mol. The number of pyridine rings is 1. The fraction of sp³-hybridized carbons (Fsp3) is 0.440. The molecule has 2 N–H and O–H groups in total. The summed E-state index contributed by atoms with van der Waals surface area (Å²) >= 11 is 0. The summed E-state index contributed by atoms with van der Waals surface area (Å²) in [4.78, 5) is 37.4. The summed E-state index contributed by atoms with van der Waals surface area (Å²) in [7, 11) is 0. The molecule has 0 unspecified atom stereocenters. The summed E-state index contributed by atoms with van der Waals surface area (Å²) in [6, 6.07) is 8.28. The number of nitrogens with one attached hydrogen (secondary N) is 2. The molecule has 8 heteroatoms. The number of rotatable bonds is 5. The molecule has 0 amide bonds. The van der Waals surface area contributed by atoms with E-state index in [0.29, 0.717) is 23.1 Å². The molecule has 1 saturated heterocycles. The lowest BCUT2D eigenvalue weighted by Gasteiger charge is -2.62. The van der Waals surface area contributed by atoms with Gasteiger partial charge in [-0.3, -0.25) is 14.2 Å². The molecule has 0 radical (unpaired) electrons. The number of fused-ring (bicyclic) bond motifs is 1. The smallest absolute Gasteiger partial charge is 0.263 e. The van der Waals surface area contributed by atoms with Crippen LogP contribution in [0.5, 0.6) is 0 Å². The second-order valence-electron chi connectivity index (χ2n) is 9.74. The van der Waals surface area contributed by atoms with E-state index in [1.54, 1.807) is 10.8 Å². The molecule has 3 saturated carbocycles. The van der Waals surface area contributed by atoms with Crippen LogP contribution in [0.3, 0.4) is 0 Å². The van der Waals surface area contributed by atoms with Crippen molar-refractivity contribution < 1.29 is 4.79 Å². The van der Waals surface area contributed by atoms with Gasteiger partial charge in [-0.2, -0.15) is 4.98 Å². The zero-order chi connectivity index (χ0) is 22.7. The molecular weight excluding hydrogens is 416 g/mol. The van der Waals surface area contributed by atoms with E-state index in [-0.39, 0.29) is 22.4 Å². The molecule has 33 heavy (non-hydrogen) atoms. The maximum Gasteiger partial charge on any atom is 0.263 e. The molecule has 4 fully saturated rings. The van der Waals surface area contributed by atoms with Crippen molar-refractivity contribution in [3.63, 3.8) is 0 Å². The maximum atomic E-state index is 13.4. The minimum Gasteiger partial charge on any atom is -0.369 e. The highest BCUT2D eigenvalue weighted by molar-refractivity contribution is 5.99. The van der Waals surface area contributed by atoms with Gasteiger partial charge >= 0.3 is 0 Å². The number of anilines is 3. The summed E-state index contributed by atoms with van der Waals surface area (Å²) in [5.41, 5.74) is 3.24. The lowest BCUT2D eigenvalue weighted by molar-refractivity contribution is -0.0884. The Morgan fingerprint density at radius 2 is 1.85 bits per heavy atom. The Balaban J connectivity index is 1.37. The normalized spacial score (nSPS) is 23.7. The number of benzene rings is 1. The van der Waals surface area contributed by atoms with E-state index in [2.05, 4.69) is 32.7 Å². The van der Waals surface area contributed by atoms with E-state index in [1.165, 1.54) is 12.6 Å². The third-order valence-electron chi connectivity index (χ3n) is 7.61. The molecule has 8 nitrogen and oxygen atoms in total. The van der Waals surface area contributed by atoms with Crippen molar-refractivity contribution >= 4 is 34.1 Å². The number of hydrogen-bond acceptors (Lipinski definition) is 7. The predicted octanol–water partition coefficient (Wildman–Crippen LogP) is 2.96. The van der Waals surface area contributed by atoms with E-state index in [1.807, 2.05) is 19.1 Å². The van der Waals surface area contributed by atoms with Gasteiger partial charge in [0.25, 0.3) is 5.56 Å². The lowest BCUT2D eigenvalue weighted by Crippen LogP contribution is -2.62. The Morgan fingerprint density at radius 1 is 1.15 bits per heavy atom. The highest BCUT2D eigenvalue weighted by atomic mass is 16.1. The highest BCUT2D eigenvalue weighted by Crippen LogP contribution is 2.62. The topological polar surface area (TPSA) is 92.2 Å². The Hall–Kier alpha value is -3.26. The molecule has 7 rings (SSSR count). The minimum absolute atomic E-state index is 0.186. The fourth-order valence-corrected chi connectivity index (χ4v) is 5.74. The van der Waals surface area contributed by atoms with Gasteiger partial charge in [0.05, 0.1) is 11.1 Å². The first kappa shape index (κ1) is 20.4. The van der Waals surface area contributed by atoms with Crippen LogP contribution in [0, 0.1) is 12.8 Å². The van der Waals surface area contributed by atoms with Gasteiger partial charge in [0.2, 0.25) is 5.95 Å². The van der Waals surface area contributed by atoms with Crippen molar-refractivity contribution in [3.8, 4) is 0 Å².